The average molecular weight is 267 g/mol. The van der Waals surface area contributed by atoms with Crippen LogP contribution in [-0.4, -0.2) is 32.8 Å². The molecule has 4 rings (SSSR count). The first-order chi connectivity index (χ1) is 9.88. The van der Waals surface area contributed by atoms with Crippen LogP contribution in [0.5, 0.6) is 0 Å². The lowest BCUT2D eigenvalue weighted by atomic mass is 9.94. The molecule has 1 aromatic carbocycles. The van der Waals surface area contributed by atoms with E-state index in [9.17, 15) is 0 Å². The van der Waals surface area contributed by atoms with Gasteiger partial charge in [-0.2, -0.15) is 5.10 Å². The fraction of sp³-hybridized carbons (Fsp3) is 0.333. The number of H-pyrrole nitrogens is 1. The largest absolute Gasteiger partial charge is 0.361 e. The van der Waals surface area contributed by atoms with Gasteiger partial charge in [0.1, 0.15) is 12.7 Å². The van der Waals surface area contributed by atoms with Crippen LogP contribution < -0.4 is 5.32 Å². The molecule has 2 aromatic heterocycles. The first-order valence-electron chi connectivity index (χ1n) is 7.00. The zero-order chi connectivity index (χ0) is 13.4. The van der Waals surface area contributed by atoms with Crippen molar-refractivity contribution >= 4 is 10.9 Å². The number of hydrogen-bond acceptors (Lipinski definition) is 3. The highest BCUT2D eigenvalue weighted by atomic mass is 15.3. The Kier molecular flexibility index (Phi) is 2.77. The van der Waals surface area contributed by atoms with Gasteiger partial charge < -0.3 is 10.3 Å². The average Bonchev–Trinajstić information content (AvgIpc) is 3.03. The van der Waals surface area contributed by atoms with Crippen LogP contribution in [0.15, 0.2) is 37.1 Å². The molecule has 1 aliphatic heterocycles. The third-order valence-corrected chi connectivity index (χ3v) is 4.02. The molecule has 5 nitrogen and oxygen atoms in total. The predicted octanol–water partition coefficient (Wildman–Crippen LogP) is 1.57. The molecule has 1 saturated heterocycles. The smallest absolute Gasteiger partial charge is 0.137 e. The van der Waals surface area contributed by atoms with Gasteiger partial charge in [0.15, 0.2) is 0 Å². The van der Waals surface area contributed by atoms with Gasteiger partial charge in [-0.25, -0.2) is 9.67 Å². The molecule has 0 unspecified atom stereocenters. The normalized spacial score (nSPS) is 15.6. The molecule has 3 aromatic rings. The van der Waals surface area contributed by atoms with Crippen molar-refractivity contribution in [3.05, 3.63) is 48.2 Å². The molecule has 1 fully saturated rings. The molecule has 1 aliphatic rings. The quantitative estimate of drug-likeness (QED) is 0.754. The molecule has 2 N–H and O–H groups in total. The number of hydrogen-bond donors (Lipinski definition) is 2. The maximum absolute atomic E-state index is 4.16. The molecule has 0 bridgehead atoms. The van der Waals surface area contributed by atoms with E-state index in [4.69, 9.17) is 0 Å². The highest BCUT2D eigenvalue weighted by Gasteiger charge is 2.18. The van der Waals surface area contributed by atoms with Crippen LogP contribution in [0.2, 0.25) is 0 Å². The molecule has 3 heterocycles. The fourth-order valence-corrected chi connectivity index (χ4v) is 2.80. The zero-order valence-electron chi connectivity index (χ0n) is 11.2. The third-order valence-electron chi connectivity index (χ3n) is 4.02. The Labute approximate surface area is 117 Å². The second-order valence-electron chi connectivity index (χ2n) is 5.52. The minimum atomic E-state index is 0.769. The number of nitrogens with zero attached hydrogens (tertiary/aromatic N) is 3. The predicted molar refractivity (Wildman–Crippen MR) is 77.5 cm³/mol. The van der Waals surface area contributed by atoms with Crippen LogP contribution in [0.25, 0.3) is 10.9 Å². The summed E-state index contributed by atoms with van der Waals surface area (Å²) in [5.74, 6) is 0.785. The molecular formula is C15H17N5. The number of aromatic amines is 1. The van der Waals surface area contributed by atoms with Crippen molar-refractivity contribution in [1.29, 1.82) is 0 Å². The summed E-state index contributed by atoms with van der Waals surface area (Å²) in [6.07, 6.45) is 6.63. The monoisotopic (exact) mass is 267 g/mol. The second-order valence-corrected chi connectivity index (χ2v) is 5.52. The van der Waals surface area contributed by atoms with Gasteiger partial charge in [0.05, 0.1) is 6.54 Å². The Bertz CT molecular complexity index is 709. The highest BCUT2D eigenvalue weighted by molar-refractivity contribution is 5.84. The lowest BCUT2D eigenvalue weighted by Crippen LogP contribution is -2.43. The molecule has 102 valence electrons. The molecule has 0 aliphatic carbocycles. The van der Waals surface area contributed by atoms with E-state index in [1.54, 1.807) is 12.7 Å². The topological polar surface area (TPSA) is 58.5 Å². The van der Waals surface area contributed by atoms with E-state index in [0.717, 1.165) is 32.0 Å². The van der Waals surface area contributed by atoms with Crippen molar-refractivity contribution in [2.24, 2.45) is 5.92 Å². The third kappa shape index (κ3) is 2.10. The first kappa shape index (κ1) is 11.7. The van der Waals surface area contributed by atoms with E-state index in [1.165, 1.54) is 22.0 Å². The second kappa shape index (κ2) is 4.76. The van der Waals surface area contributed by atoms with Crippen molar-refractivity contribution in [3.63, 3.8) is 0 Å². The van der Waals surface area contributed by atoms with Crippen LogP contribution in [0.4, 0.5) is 0 Å². The van der Waals surface area contributed by atoms with Crippen LogP contribution >= 0.6 is 0 Å². The Hall–Kier alpha value is -2.14. The van der Waals surface area contributed by atoms with E-state index in [0.29, 0.717) is 0 Å². The molecule has 0 radical (unpaired) electrons. The lowest BCUT2D eigenvalue weighted by molar-refractivity contribution is 0.347. The zero-order valence-corrected chi connectivity index (χ0v) is 11.2. The Balaban J connectivity index is 1.64. The van der Waals surface area contributed by atoms with Crippen molar-refractivity contribution in [2.75, 3.05) is 13.1 Å². The Morgan fingerprint density at radius 3 is 3.00 bits per heavy atom. The highest BCUT2D eigenvalue weighted by Crippen LogP contribution is 2.23. The minimum absolute atomic E-state index is 0.769. The molecule has 0 saturated carbocycles. The summed E-state index contributed by atoms with van der Waals surface area (Å²) in [5.41, 5.74) is 3.90. The van der Waals surface area contributed by atoms with Gasteiger partial charge in [-0.15, -0.1) is 0 Å². The van der Waals surface area contributed by atoms with Crippen LogP contribution in [0, 0.1) is 5.92 Å². The standard InChI is InChI=1S/C15H17N5/c1-2-15-14(4-11(1)8-20-10-17-9-19-20)13(7-18-15)3-12-5-16-6-12/h1-2,4,7,9-10,12,16,18H,3,5-6,8H2. The van der Waals surface area contributed by atoms with E-state index in [2.05, 4.69) is 44.8 Å². The fourth-order valence-electron chi connectivity index (χ4n) is 2.80. The molecular weight excluding hydrogens is 250 g/mol. The van der Waals surface area contributed by atoms with Crippen LogP contribution in [0.1, 0.15) is 11.1 Å². The van der Waals surface area contributed by atoms with E-state index < -0.39 is 0 Å². The van der Waals surface area contributed by atoms with E-state index in [1.807, 2.05) is 4.68 Å². The number of nitrogens with one attached hydrogen (secondary N) is 2. The summed E-state index contributed by atoms with van der Waals surface area (Å²) in [6.45, 7) is 3.06. The van der Waals surface area contributed by atoms with Gasteiger partial charge in [-0.3, -0.25) is 0 Å². The summed E-state index contributed by atoms with van der Waals surface area (Å²) in [6, 6.07) is 6.58. The van der Waals surface area contributed by atoms with Gasteiger partial charge in [0.25, 0.3) is 0 Å². The molecule has 20 heavy (non-hydrogen) atoms. The minimum Gasteiger partial charge on any atom is -0.361 e. The summed E-state index contributed by atoms with van der Waals surface area (Å²) in [4.78, 5) is 7.36. The van der Waals surface area contributed by atoms with E-state index in [-0.39, 0.29) is 0 Å². The van der Waals surface area contributed by atoms with Crippen molar-refractivity contribution in [2.45, 2.75) is 13.0 Å². The Morgan fingerprint density at radius 2 is 2.25 bits per heavy atom. The van der Waals surface area contributed by atoms with Crippen molar-refractivity contribution in [1.82, 2.24) is 25.1 Å². The SMILES string of the molecule is c1ncn(Cc2ccc3[nH]cc(CC4CNC4)c3c2)n1. The summed E-state index contributed by atoms with van der Waals surface area (Å²) in [7, 11) is 0. The van der Waals surface area contributed by atoms with Gasteiger partial charge in [-0.1, -0.05) is 6.07 Å². The van der Waals surface area contributed by atoms with Crippen LogP contribution in [0.3, 0.4) is 0 Å². The molecule has 0 spiro atoms. The van der Waals surface area contributed by atoms with Crippen LogP contribution in [-0.2, 0) is 13.0 Å². The van der Waals surface area contributed by atoms with Crippen molar-refractivity contribution in [3.8, 4) is 0 Å². The van der Waals surface area contributed by atoms with Gasteiger partial charge in [-0.05, 0) is 48.7 Å². The number of aromatic nitrogens is 4. The number of rotatable bonds is 4. The molecule has 5 heteroatoms. The van der Waals surface area contributed by atoms with Gasteiger partial charge in [0.2, 0.25) is 0 Å². The van der Waals surface area contributed by atoms with E-state index >= 15 is 0 Å². The van der Waals surface area contributed by atoms with Gasteiger partial charge in [0, 0.05) is 17.1 Å². The maximum atomic E-state index is 4.16. The molecule has 0 amide bonds. The Morgan fingerprint density at radius 1 is 1.30 bits per heavy atom. The lowest BCUT2D eigenvalue weighted by Gasteiger charge is -2.26. The summed E-state index contributed by atoms with van der Waals surface area (Å²) < 4.78 is 1.85. The first-order valence-corrected chi connectivity index (χ1v) is 7.00. The summed E-state index contributed by atoms with van der Waals surface area (Å²) in [5, 5.41) is 8.84. The molecule has 0 atom stereocenters. The number of benzene rings is 1. The maximum Gasteiger partial charge on any atom is 0.137 e. The number of fused-ring (bicyclic) bond motifs is 1. The summed E-state index contributed by atoms with van der Waals surface area (Å²) >= 11 is 0. The van der Waals surface area contributed by atoms with Crippen molar-refractivity contribution < 1.29 is 0 Å². The van der Waals surface area contributed by atoms with Gasteiger partial charge >= 0.3 is 0 Å².